The second-order valence-electron chi connectivity index (χ2n) is 4.03. The van der Waals surface area contributed by atoms with E-state index in [9.17, 15) is 0 Å². The molecule has 0 unspecified atom stereocenters. The van der Waals surface area contributed by atoms with Gasteiger partial charge in [0.05, 0.1) is 5.69 Å². The third-order valence-electron chi connectivity index (χ3n) is 2.59. The van der Waals surface area contributed by atoms with Crippen LogP contribution in [0.3, 0.4) is 0 Å². The standard InChI is InChI=1S/C13H14BrN3/c1-8-5-10(12(15)13(16)17-8)6-9-3-2-4-11(14)7-9/h2-5,7H,6,15H2,1H3,(H2,16,17). The maximum absolute atomic E-state index is 5.94. The van der Waals surface area contributed by atoms with Crippen LogP contribution in [-0.2, 0) is 6.42 Å². The molecule has 88 valence electrons. The number of hydrogen-bond acceptors (Lipinski definition) is 3. The first-order valence-electron chi connectivity index (χ1n) is 5.32. The van der Waals surface area contributed by atoms with E-state index >= 15 is 0 Å². The van der Waals surface area contributed by atoms with Crippen LogP contribution >= 0.6 is 15.9 Å². The smallest absolute Gasteiger partial charge is 0.147 e. The molecular formula is C13H14BrN3. The minimum Gasteiger partial charge on any atom is -0.396 e. The van der Waals surface area contributed by atoms with E-state index in [1.807, 2.05) is 25.1 Å². The molecule has 0 aliphatic carbocycles. The maximum Gasteiger partial charge on any atom is 0.147 e. The minimum atomic E-state index is 0.412. The molecule has 4 N–H and O–H groups in total. The Morgan fingerprint density at radius 2 is 2.00 bits per heavy atom. The zero-order valence-corrected chi connectivity index (χ0v) is 11.2. The van der Waals surface area contributed by atoms with Gasteiger partial charge in [-0.25, -0.2) is 4.98 Å². The largest absolute Gasteiger partial charge is 0.396 e. The van der Waals surface area contributed by atoms with Crippen molar-refractivity contribution in [3.8, 4) is 0 Å². The van der Waals surface area contributed by atoms with Crippen molar-refractivity contribution >= 4 is 27.4 Å². The summed E-state index contributed by atoms with van der Waals surface area (Å²) in [5, 5.41) is 0. The van der Waals surface area contributed by atoms with E-state index in [-0.39, 0.29) is 0 Å². The fourth-order valence-electron chi connectivity index (χ4n) is 1.79. The van der Waals surface area contributed by atoms with Gasteiger partial charge in [0.2, 0.25) is 0 Å². The van der Waals surface area contributed by atoms with Crippen molar-refractivity contribution in [3.05, 3.63) is 51.6 Å². The topological polar surface area (TPSA) is 64.9 Å². The average Bonchev–Trinajstić information content (AvgIpc) is 2.25. The number of nitrogens with zero attached hydrogens (tertiary/aromatic N) is 1. The molecule has 1 aromatic carbocycles. The molecule has 0 aliphatic rings. The first kappa shape index (κ1) is 11.9. The van der Waals surface area contributed by atoms with Gasteiger partial charge in [-0.05, 0) is 42.7 Å². The molecular weight excluding hydrogens is 278 g/mol. The molecule has 2 rings (SSSR count). The van der Waals surface area contributed by atoms with Gasteiger partial charge in [0, 0.05) is 10.2 Å². The third kappa shape index (κ3) is 2.77. The highest BCUT2D eigenvalue weighted by Gasteiger charge is 2.06. The van der Waals surface area contributed by atoms with Crippen LogP contribution in [-0.4, -0.2) is 4.98 Å². The van der Waals surface area contributed by atoms with Crippen LogP contribution in [0.5, 0.6) is 0 Å². The Kier molecular flexibility index (Phi) is 3.33. The number of pyridine rings is 1. The summed E-state index contributed by atoms with van der Waals surface area (Å²) < 4.78 is 1.06. The van der Waals surface area contributed by atoms with E-state index in [4.69, 9.17) is 11.5 Å². The number of aromatic nitrogens is 1. The second-order valence-corrected chi connectivity index (χ2v) is 4.94. The zero-order chi connectivity index (χ0) is 12.4. The number of anilines is 2. The van der Waals surface area contributed by atoms with E-state index in [2.05, 4.69) is 33.0 Å². The quantitative estimate of drug-likeness (QED) is 0.894. The molecule has 0 atom stereocenters. The monoisotopic (exact) mass is 291 g/mol. The fraction of sp³-hybridized carbons (Fsp3) is 0.154. The molecule has 1 aromatic heterocycles. The highest BCUT2D eigenvalue weighted by Crippen LogP contribution is 2.23. The van der Waals surface area contributed by atoms with E-state index in [1.54, 1.807) is 0 Å². The van der Waals surface area contributed by atoms with Crippen LogP contribution in [0.15, 0.2) is 34.8 Å². The SMILES string of the molecule is Cc1cc(Cc2cccc(Br)c2)c(N)c(N)n1. The van der Waals surface area contributed by atoms with Gasteiger partial charge in [-0.15, -0.1) is 0 Å². The molecule has 17 heavy (non-hydrogen) atoms. The maximum atomic E-state index is 5.94. The van der Waals surface area contributed by atoms with Crippen molar-refractivity contribution in [1.29, 1.82) is 0 Å². The van der Waals surface area contributed by atoms with Crippen molar-refractivity contribution in [2.24, 2.45) is 0 Å². The summed E-state index contributed by atoms with van der Waals surface area (Å²) >= 11 is 3.45. The summed E-state index contributed by atoms with van der Waals surface area (Å²) in [5.74, 6) is 0.412. The molecule has 0 saturated heterocycles. The number of rotatable bonds is 2. The lowest BCUT2D eigenvalue weighted by atomic mass is 10.0. The first-order chi connectivity index (χ1) is 8.06. The van der Waals surface area contributed by atoms with E-state index < -0.39 is 0 Å². The zero-order valence-electron chi connectivity index (χ0n) is 9.57. The molecule has 1 heterocycles. The Bertz CT molecular complexity index is 552. The lowest BCUT2D eigenvalue weighted by molar-refractivity contribution is 1.13. The summed E-state index contributed by atoms with van der Waals surface area (Å²) in [6, 6.07) is 10.1. The molecule has 4 heteroatoms. The minimum absolute atomic E-state index is 0.412. The Balaban J connectivity index is 2.36. The lowest BCUT2D eigenvalue weighted by Gasteiger charge is -2.09. The summed E-state index contributed by atoms with van der Waals surface area (Å²) in [7, 11) is 0. The summed E-state index contributed by atoms with van der Waals surface area (Å²) in [6.07, 6.45) is 0.763. The Morgan fingerprint density at radius 1 is 1.24 bits per heavy atom. The van der Waals surface area contributed by atoms with Gasteiger partial charge in [0.15, 0.2) is 0 Å². The molecule has 0 spiro atoms. The molecule has 3 nitrogen and oxygen atoms in total. The summed E-state index contributed by atoms with van der Waals surface area (Å²) in [4.78, 5) is 4.14. The predicted octanol–water partition coefficient (Wildman–Crippen LogP) is 2.91. The Morgan fingerprint density at radius 3 is 2.71 bits per heavy atom. The molecule has 0 bridgehead atoms. The Hall–Kier alpha value is -1.55. The highest BCUT2D eigenvalue weighted by atomic mass is 79.9. The number of hydrogen-bond donors (Lipinski definition) is 2. The number of nitrogen functional groups attached to an aromatic ring is 2. The van der Waals surface area contributed by atoms with Gasteiger partial charge >= 0.3 is 0 Å². The summed E-state index contributed by atoms with van der Waals surface area (Å²) in [6.45, 7) is 1.92. The van der Waals surface area contributed by atoms with E-state index in [1.165, 1.54) is 5.56 Å². The van der Waals surface area contributed by atoms with Gasteiger partial charge in [-0.3, -0.25) is 0 Å². The van der Waals surface area contributed by atoms with Crippen molar-refractivity contribution in [2.45, 2.75) is 13.3 Å². The van der Waals surface area contributed by atoms with Gasteiger partial charge in [0.25, 0.3) is 0 Å². The van der Waals surface area contributed by atoms with E-state index in [0.717, 1.165) is 22.2 Å². The van der Waals surface area contributed by atoms with Crippen LogP contribution in [0.2, 0.25) is 0 Å². The highest BCUT2D eigenvalue weighted by molar-refractivity contribution is 9.10. The van der Waals surface area contributed by atoms with Crippen molar-refractivity contribution in [3.63, 3.8) is 0 Å². The second kappa shape index (κ2) is 4.75. The molecule has 0 saturated carbocycles. The van der Waals surface area contributed by atoms with Crippen LogP contribution in [0.4, 0.5) is 11.5 Å². The van der Waals surface area contributed by atoms with Gasteiger partial charge in [0.1, 0.15) is 5.82 Å². The number of aryl methyl sites for hydroxylation is 1. The average molecular weight is 292 g/mol. The first-order valence-corrected chi connectivity index (χ1v) is 6.11. The molecule has 0 radical (unpaired) electrons. The van der Waals surface area contributed by atoms with Crippen LogP contribution in [0.1, 0.15) is 16.8 Å². The number of nitrogens with two attached hydrogens (primary N) is 2. The number of benzene rings is 1. The van der Waals surface area contributed by atoms with Gasteiger partial charge < -0.3 is 11.5 Å². The third-order valence-corrected chi connectivity index (χ3v) is 3.08. The molecule has 0 amide bonds. The van der Waals surface area contributed by atoms with E-state index in [0.29, 0.717) is 11.5 Å². The lowest BCUT2D eigenvalue weighted by Crippen LogP contribution is -2.04. The van der Waals surface area contributed by atoms with Gasteiger partial charge in [-0.1, -0.05) is 28.1 Å². The summed E-state index contributed by atoms with van der Waals surface area (Å²) in [5.41, 5.74) is 15.4. The fourth-order valence-corrected chi connectivity index (χ4v) is 2.24. The molecule has 2 aromatic rings. The predicted molar refractivity (Wildman–Crippen MR) is 74.7 cm³/mol. The number of halogens is 1. The van der Waals surface area contributed by atoms with Crippen LogP contribution < -0.4 is 11.5 Å². The van der Waals surface area contributed by atoms with Crippen molar-refractivity contribution in [2.75, 3.05) is 11.5 Å². The van der Waals surface area contributed by atoms with Crippen LogP contribution in [0, 0.1) is 6.92 Å². The normalized spacial score (nSPS) is 10.5. The van der Waals surface area contributed by atoms with Crippen molar-refractivity contribution in [1.82, 2.24) is 4.98 Å². The van der Waals surface area contributed by atoms with Gasteiger partial charge in [-0.2, -0.15) is 0 Å². The van der Waals surface area contributed by atoms with Crippen molar-refractivity contribution < 1.29 is 0 Å². The molecule has 0 fully saturated rings. The molecule has 0 aliphatic heterocycles. The Labute approximate surface area is 109 Å². The van der Waals surface area contributed by atoms with Crippen LogP contribution in [0.25, 0.3) is 0 Å².